The molecule has 0 aliphatic carbocycles. The summed E-state index contributed by atoms with van der Waals surface area (Å²) in [6, 6.07) is 4.10. The van der Waals surface area contributed by atoms with E-state index in [9.17, 15) is 0 Å². The van der Waals surface area contributed by atoms with Crippen LogP contribution in [-0.2, 0) is 6.54 Å². The summed E-state index contributed by atoms with van der Waals surface area (Å²) in [6.45, 7) is 4.74. The fourth-order valence-corrected chi connectivity index (χ4v) is 3.42. The zero-order valence-electron chi connectivity index (χ0n) is 14.2. The van der Waals surface area contributed by atoms with Gasteiger partial charge in [0.05, 0.1) is 11.3 Å². The van der Waals surface area contributed by atoms with Crippen molar-refractivity contribution in [2.75, 3.05) is 13.1 Å². The number of hydrogen-bond acceptors (Lipinski definition) is 7. The molecule has 4 heterocycles. The van der Waals surface area contributed by atoms with Crippen molar-refractivity contribution in [1.29, 1.82) is 0 Å². The van der Waals surface area contributed by atoms with Crippen molar-refractivity contribution >= 4 is 0 Å². The van der Waals surface area contributed by atoms with Crippen LogP contribution in [0.2, 0.25) is 0 Å². The maximum absolute atomic E-state index is 5.13. The first-order chi connectivity index (χ1) is 12.3. The number of rotatable bonds is 4. The van der Waals surface area contributed by atoms with Gasteiger partial charge in [0, 0.05) is 44.5 Å². The van der Waals surface area contributed by atoms with E-state index in [0.717, 1.165) is 43.7 Å². The van der Waals surface area contributed by atoms with Crippen molar-refractivity contribution in [3.8, 4) is 11.4 Å². The quantitative estimate of drug-likeness (QED) is 0.724. The summed E-state index contributed by atoms with van der Waals surface area (Å²) in [6.07, 6.45) is 9.37. The van der Waals surface area contributed by atoms with E-state index in [1.54, 1.807) is 19.4 Å². The molecular formula is C18H20N6O. The van der Waals surface area contributed by atoms with Crippen LogP contribution in [-0.4, -0.2) is 43.1 Å². The van der Waals surface area contributed by atoms with E-state index in [2.05, 4.69) is 36.1 Å². The molecule has 0 radical (unpaired) electrons. The van der Waals surface area contributed by atoms with Crippen LogP contribution in [0.1, 0.15) is 35.9 Å². The van der Waals surface area contributed by atoms with Gasteiger partial charge in [0.15, 0.2) is 0 Å². The number of likely N-dealkylation sites (tertiary alicyclic amines) is 1. The van der Waals surface area contributed by atoms with E-state index in [0.29, 0.717) is 17.6 Å². The SMILES string of the molecule is Cc1nc(-c2cncnc2C2CCCN(Cc3cccnc3)C2)no1. The first-order valence-corrected chi connectivity index (χ1v) is 8.51. The molecule has 1 saturated heterocycles. The fourth-order valence-electron chi connectivity index (χ4n) is 3.42. The van der Waals surface area contributed by atoms with Crippen molar-refractivity contribution < 1.29 is 4.52 Å². The van der Waals surface area contributed by atoms with Crippen LogP contribution < -0.4 is 0 Å². The summed E-state index contributed by atoms with van der Waals surface area (Å²) >= 11 is 0. The van der Waals surface area contributed by atoms with Crippen molar-refractivity contribution in [3.63, 3.8) is 0 Å². The van der Waals surface area contributed by atoms with E-state index in [1.807, 2.05) is 18.5 Å². The molecule has 0 N–H and O–H groups in total. The zero-order valence-corrected chi connectivity index (χ0v) is 14.2. The van der Waals surface area contributed by atoms with Crippen LogP contribution in [0.4, 0.5) is 0 Å². The highest BCUT2D eigenvalue weighted by atomic mass is 16.5. The third kappa shape index (κ3) is 3.56. The Morgan fingerprint density at radius 2 is 2.24 bits per heavy atom. The van der Waals surface area contributed by atoms with Crippen LogP contribution in [0.3, 0.4) is 0 Å². The minimum atomic E-state index is 0.335. The Labute approximate surface area is 146 Å². The lowest BCUT2D eigenvalue weighted by molar-refractivity contribution is 0.198. The van der Waals surface area contributed by atoms with Gasteiger partial charge in [-0.25, -0.2) is 9.97 Å². The maximum Gasteiger partial charge on any atom is 0.223 e. The highest BCUT2D eigenvalue weighted by molar-refractivity contribution is 5.57. The van der Waals surface area contributed by atoms with E-state index in [4.69, 9.17) is 4.52 Å². The molecule has 0 saturated carbocycles. The molecule has 1 aliphatic rings. The summed E-state index contributed by atoms with van der Waals surface area (Å²) in [7, 11) is 0. The van der Waals surface area contributed by atoms with E-state index >= 15 is 0 Å². The van der Waals surface area contributed by atoms with Gasteiger partial charge in [0.25, 0.3) is 0 Å². The van der Waals surface area contributed by atoms with Crippen LogP contribution in [0.15, 0.2) is 41.6 Å². The fraction of sp³-hybridized carbons (Fsp3) is 0.389. The van der Waals surface area contributed by atoms with Crippen molar-refractivity contribution in [1.82, 2.24) is 30.0 Å². The summed E-state index contributed by atoms with van der Waals surface area (Å²) in [5.41, 5.74) is 3.11. The Kier molecular flexibility index (Phi) is 4.47. The second-order valence-electron chi connectivity index (χ2n) is 6.39. The van der Waals surface area contributed by atoms with Crippen LogP contribution in [0.25, 0.3) is 11.4 Å². The molecule has 3 aromatic heterocycles. The Hall–Kier alpha value is -2.67. The second-order valence-corrected chi connectivity index (χ2v) is 6.39. The summed E-state index contributed by atoms with van der Waals surface area (Å²) < 4.78 is 5.13. The van der Waals surface area contributed by atoms with E-state index < -0.39 is 0 Å². The van der Waals surface area contributed by atoms with Crippen molar-refractivity contribution in [2.24, 2.45) is 0 Å². The molecule has 7 nitrogen and oxygen atoms in total. The monoisotopic (exact) mass is 336 g/mol. The normalized spacial score (nSPS) is 18.4. The van der Waals surface area contributed by atoms with E-state index in [1.165, 1.54) is 5.56 Å². The largest absolute Gasteiger partial charge is 0.339 e. The van der Waals surface area contributed by atoms with Gasteiger partial charge in [-0.1, -0.05) is 11.2 Å². The minimum Gasteiger partial charge on any atom is -0.339 e. The topological polar surface area (TPSA) is 80.8 Å². The molecule has 0 aromatic carbocycles. The highest BCUT2D eigenvalue weighted by Crippen LogP contribution is 2.31. The predicted octanol–water partition coefficient (Wildman–Crippen LogP) is 2.61. The Morgan fingerprint density at radius 3 is 3.04 bits per heavy atom. The number of aromatic nitrogens is 5. The molecule has 0 amide bonds. The lowest BCUT2D eigenvalue weighted by Gasteiger charge is -2.32. The highest BCUT2D eigenvalue weighted by Gasteiger charge is 2.26. The molecule has 7 heteroatoms. The Bertz CT molecular complexity index is 834. The molecule has 1 atom stereocenters. The molecule has 25 heavy (non-hydrogen) atoms. The van der Waals surface area contributed by atoms with Crippen LogP contribution >= 0.6 is 0 Å². The van der Waals surface area contributed by atoms with Crippen molar-refractivity contribution in [3.05, 3.63) is 54.2 Å². The standard InChI is InChI=1S/C18H20N6O/c1-13-22-18(23-25-13)16-9-20-12-21-17(16)15-5-3-7-24(11-15)10-14-4-2-6-19-8-14/h2,4,6,8-9,12,15H,3,5,7,10-11H2,1H3. The summed E-state index contributed by atoms with van der Waals surface area (Å²) in [5.74, 6) is 1.45. The zero-order chi connectivity index (χ0) is 17.1. The third-order valence-corrected chi connectivity index (χ3v) is 4.53. The maximum atomic E-state index is 5.13. The minimum absolute atomic E-state index is 0.335. The molecule has 1 aliphatic heterocycles. The van der Waals surface area contributed by atoms with Gasteiger partial charge in [-0.3, -0.25) is 9.88 Å². The lowest BCUT2D eigenvalue weighted by Crippen LogP contribution is -2.34. The molecule has 128 valence electrons. The molecule has 4 rings (SSSR count). The third-order valence-electron chi connectivity index (χ3n) is 4.53. The van der Waals surface area contributed by atoms with Gasteiger partial charge in [-0.15, -0.1) is 0 Å². The summed E-state index contributed by atoms with van der Waals surface area (Å²) in [4.78, 5) is 19.7. The molecule has 1 unspecified atom stereocenters. The van der Waals surface area contributed by atoms with Crippen molar-refractivity contribution in [2.45, 2.75) is 32.2 Å². The molecular weight excluding hydrogens is 316 g/mol. The van der Waals surface area contributed by atoms with Gasteiger partial charge in [-0.05, 0) is 31.0 Å². The average Bonchev–Trinajstić information content (AvgIpc) is 3.09. The van der Waals surface area contributed by atoms with Crippen LogP contribution in [0.5, 0.6) is 0 Å². The van der Waals surface area contributed by atoms with E-state index in [-0.39, 0.29) is 0 Å². The van der Waals surface area contributed by atoms with Gasteiger partial charge in [0.2, 0.25) is 11.7 Å². The number of nitrogens with zero attached hydrogens (tertiary/aromatic N) is 6. The number of hydrogen-bond donors (Lipinski definition) is 0. The first-order valence-electron chi connectivity index (χ1n) is 8.51. The number of aryl methyl sites for hydroxylation is 1. The number of piperidine rings is 1. The average molecular weight is 336 g/mol. The van der Waals surface area contributed by atoms with Gasteiger partial charge in [-0.2, -0.15) is 4.98 Å². The number of pyridine rings is 1. The lowest BCUT2D eigenvalue weighted by atomic mass is 9.91. The molecule has 0 bridgehead atoms. The smallest absolute Gasteiger partial charge is 0.223 e. The molecule has 1 fully saturated rings. The molecule has 0 spiro atoms. The molecule has 3 aromatic rings. The van der Waals surface area contributed by atoms with Gasteiger partial charge >= 0.3 is 0 Å². The second kappa shape index (κ2) is 7.06. The van der Waals surface area contributed by atoms with Crippen LogP contribution in [0, 0.1) is 6.92 Å². The van der Waals surface area contributed by atoms with Gasteiger partial charge in [0.1, 0.15) is 6.33 Å². The predicted molar refractivity (Wildman–Crippen MR) is 91.6 cm³/mol. The first kappa shape index (κ1) is 15.8. The Morgan fingerprint density at radius 1 is 1.28 bits per heavy atom. The summed E-state index contributed by atoms with van der Waals surface area (Å²) in [5, 5.41) is 4.04. The Balaban J connectivity index is 1.56. The van der Waals surface area contributed by atoms with Gasteiger partial charge < -0.3 is 4.52 Å².